The van der Waals surface area contributed by atoms with E-state index in [-0.39, 0.29) is 29.1 Å². The molecule has 3 aromatic rings. The molecule has 8 nitrogen and oxygen atoms in total. The maximum Gasteiger partial charge on any atom is 0.418 e. The molecule has 1 aromatic carbocycles. The highest BCUT2D eigenvalue weighted by molar-refractivity contribution is 7.16. The number of allylic oxidation sites excluding steroid dienone is 1. The quantitative estimate of drug-likeness (QED) is 0.515. The van der Waals surface area contributed by atoms with E-state index < -0.39 is 11.7 Å². The largest absolute Gasteiger partial charge is 0.492 e. The van der Waals surface area contributed by atoms with Crippen LogP contribution in [0.2, 0.25) is 0 Å². The zero-order valence-corrected chi connectivity index (χ0v) is 18.4. The van der Waals surface area contributed by atoms with Crippen LogP contribution in [-0.2, 0) is 6.18 Å². The Labute approximate surface area is 191 Å². The van der Waals surface area contributed by atoms with Crippen molar-refractivity contribution in [3.63, 3.8) is 0 Å². The van der Waals surface area contributed by atoms with Gasteiger partial charge in [-0.15, -0.1) is 0 Å². The van der Waals surface area contributed by atoms with Crippen LogP contribution in [0.25, 0.3) is 11.6 Å². The molecule has 4 rings (SSSR count). The number of nitrogens with zero attached hydrogens (tertiary/aromatic N) is 5. The predicted octanol–water partition coefficient (Wildman–Crippen LogP) is 4.60. The summed E-state index contributed by atoms with van der Waals surface area (Å²) in [5, 5.41) is 13.0. The molecular formula is C21H19F3N6O2S. The summed E-state index contributed by atoms with van der Waals surface area (Å²) in [6, 6.07) is 3.68. The van der Waals surface area contributed by atoms with Gasteiger partial charge in [0, 0.05) is 30.1 Å². The zero-order chi connectivity index (χ0) is 23.6. The smallest absolute Gasteiger partial charge is 0.418 e. The standard InChI is InChI=1S/C21H19F3N6O2S/c1-30(2)5-6-32-13-3-4-16(15(8-13)21(22,23)24)28-20-29-19(31)17(33-20)7-12-9-26-18-14(12)10-25-11-27-18/h3-4,7-11,31H,5-6H2,1-2H3,(H,28,29)/b12-7+. The molecule has 0 saturated carbocycles. The lowest BCUT2D eigenvalue weighted by Gasteiger charge is -2.16. The highest BCUT2D eigenvalue weighted by Crippen LogP contribution is 2.40. The van der Waals surface area contributed by atoms with Crippen molar-refractivity contribution in [2.45, 2.75) is 6.18 Å². The van der Waals surface area contributed by atoms with Crippen LogP contribution in [0.1, 0.15) is 16.0 Å². The second-order valence-electron chi connectivity index (χ2n) is 7.31. The van der Waals surface area contributed by atoms with Crippen LogP contribution in [-0.4, -0.2) is 58.4 Å². The van der Waals surface area contributed by atoms with Gasteiger partial charge in [-0.05, 0) is 38.4 Å². The summed E-state index contributed by atoms with van der Waals surface area (Å²) >= 11 is 1.00. The Morgan fingerprint density at radius 1 is 1.27 bits per heavy atom. The fourth-order valence-corrected chi connectivity index (χ4v) is 3.80. The Morgan fingerprint density at radius 2 is 2.09 bits per heavy atom. The second kappa shape index (κ2) is 9.16. The molecule has 0 saturated heterocycles. The summed E-state index contributed by atoms with van der Waals surface area (Å²) in [7, 11) is 3.69. The lowest BCUT2D eigenvalue weighted by molar-refractivity contribution is -0.137. The zero-order valence-electron chi connectivity index (χ0n) is 17.6. The summed E-state index contributed by atoms with van der Waals surface area (Å²) in [6.07, 6.45) is 1.56. The van der Waals surface area contributed by atoms with Crippen molar-refractivity contribution in [1.82, 2.24) is 19.9 Å². The monoisotopic (exact) mass is 476 g/mol. The first-order valence-corrected chi connectivity index (χ1v) is 10.5. The van der Waals surface area contributed by atoms with Gasteiger partial charge < -0.3 is 20.1 Å². The number of aromatic hydroxyl groups is 1. The lowest BCUT2D eigenvalue weighted by Crippen LogP contribution is -2.19. The van der Waals surface area contributed by atoms with Gasteiger partial charge >= 0.3 is 6.18 Å². The minimum absolute atomic E-state index is 0.102. The first-order valence-electron chi connectivity index (χ1n) is 9.72. The predicted molar refractivity (Wildman–Crippen MR) is 121 cm³/mol. The number of hydrogen-bond donors (Lipinski definition) is 2. The first kappa shape index (κ1) is 22.7. The Kier molecular flexibility index (Phi) is 6.29. The third-order valence-electron chi connectivity index (χ3n) is 4.59. The van der Waals surface area contributed by atoms with Gasteiger partial charge in [0.1, 0.15) is 18.7 Å². The van der Waals surface area contributed by atoms with E-state index in [0.717, 1.165) is 17.4 Å². The van der Waals surface area contributed by atoms with Gasteiger partial charge in [0.2, 0.25) is 5.88 Å². The van der Waals surface area contributed by atoms with Crippen molar-refractivity contribution in [2.24, 2.45) is 4.99 Å². The number of rotatable bonds is 7. The molecular weight excluding hydrogens is 457 g/mol. The molecule has 2 aromatic heterocycles. The van der Waals surface area contributed by atoms with Gasteiger partial charge in [0.25, 0.3) is 0 Å². The number of thiazole rings is 1. The third kappa shape index (κ3) is 5.29. The maximum atomic E-state index is 13.7. The van der Waals surface area contributed by atoms with Crippen molar-refractivity contribution in [3.05, 3.63) is 46.7 Å². The van der Waals surface area contributed by atoms with E-state index in [0.29, 0.717) is 28.4 Å². The first-order chi connectivity index (χ1) is 15.7. The Morgan fingerprint density at radius 3 is 2.85 bits per heavy atom. The summed E-state index contributed by atoms with van der Waals surface area (Å²) in [6.45, 7) is 0.826. The minimum atomic E-state index is -4.61. The Bertz CT molecular complexity index is 1220. The number of anilines is 2. The van der Waals surface area contributed by atoms with E-state index in [9.17, 15) is 18.3 Å². The minimum Gasteiger partial charge on any atom is -0.492 e. The molecule has 0 spiro atoms. The summed E-state index contributed by atoms with van der Waals surface area (Å²) in [5.74, 6) is 0.302. The molecule has 0 atom stereocenters. The summed E-state index contributed by atoms with van der Waals surface area (Å²) < 4.78 is 46.4. The number of alkyl halides is 3. The maximum absolute atomic E-state index is 13.7. The van der Waals surface area contributed by atoms with Crippen LogP contribution < -0.4 is 10.1 Å². The molecule has 1 aliphatic rings. The molecule has 172 valence electrons. The summed E-state index contributed by atoms with van der Waals surface area (Å²) in [5.41, 5.74) is 0.250. The van der Waals surface area contributed by atoms with E-state index in [1.54, 1.807) is 18.5 Å². The number of nitrogens with one attached hydrogen (secondary N) is 1. The van der Waals surface area contributed by atoms with Gasteiger partial charge in [0.15, 0.2) is 10.9 Å². The Hall–Kier alpha value is -3.51. The highest BCUT2D eigenvalue weighted by Gasteiger charge is 2.34. The fourth-order valence-electron chi connectivity index (χ4n) is 2.98. The van der Waals surface area contributed by atoms with Crippen molar-refractivity contribution >= 4 is 45.8 Å². The molecule has 33 heavy (non-hydrogen) atoms. The van der Waals surface area contributed by atoms with E-state index in [1.165, 1.54) is 18.5 Å². The van der Waals surface area contributed by atoms with Gasteiger partial charge in [-0.25, -0.2) is 15.0 Å². The molecule has 0 aliphatic carbocycles. The van der Waals surface area contributed by atoms with E-state index in [4.69, 9.17) is 4.74 Å². The molecule has 0 amide bonds. The highest BCUT2D eigenvalue weighted by atomic mass is 32.1. The van der Waals surface area contributed by atoms with E-state index >= 15 is 0 Å². The van der Waals surface area contributed by atoms with Crippen LogP contribution in [0, 0.1) is 0 Å². The van der Waals surface area contributed by atoms with Crippen molar-refractivity contribution in [1.29, 1.82) is 0 Å². The number of fused-ring (bicyclic) bond motifs is 1. The fraction of sp³-hybridized carbons (Fsp3) is 0.238. The van der Waals surface area contributed by atoms with E-state index in [2.05, 4.69) is 25.3 Å². The molecule has 3 heterocycles. The average molecular weight is 476 g/mol. The number of aliphatic imine (C=N–C) groups is 1. The van der Waals surface area contributed by atoms with Crippen LogP contribution in [0.4, 0.5) is 29.8 Å². The van der Waals surface area contributed by atoms with Crippen LogP contribution in [0.5, 0.6) is 11.6 Å². The third-order valence-corrected chi connectivity index (χ3v) is 5.50. The van der Waals surface area contributed by atoms with Crippen LogP contribution in [0.3, 0.4) is 0 Å². The Balaban J connectivity index is 1.57. The molecule has 2 N–H and O–H groups in total. The van der Waals surface area contributed by atoms with Crippen molar-refractivity contribution in [3.8, 4) is 11.6 Å². The number of hydrogen-bond acceptors (Lipinski definition) is 9. The van der Waals surface area contributed by atoms with Gasteiger partial charge in [-0.2, -0.15) is 18.2 Å². The molecule has 0 bridgehead atoms. The molecule has 0 radical (unpaired) electrons. The number of ether oxygens (including phenoxy) is 1. The van der Waals surface area contributed by atoms with E-state index in [1.807, 2.05) is 19.0 Å². The number of benzene rings is 1. The number of aromatic nitrogens is 3. The summed E-state index contributed by atoms with van der Waals surface area (Å²) in [4.78, 5) is 18.3. The molecule has 12 heteroatoms. The molecule has 0 fully saturated rings. The van der Waals surface area contributed by atoms with Crippen molar-refractivity contribution < 1.29 is 23.0 Å². The lowest BCUT2D eigenvalue weighted by atomic mass is 10.1. The topological polar surface area (TPSA) is 95.8 Å². The van der Waals surface area contributed by atoms with Crippen LogP contribution >= 0.6 is 11.3 Å². The second-order valence-corrected chi connectivity index (χ2v) is 8.34. The SMILES string of the molecule is CN(C)CCOc1ccc(Nc2nc(O)c(/C=C3\C=Nc4ncncc43)s2)c(C(F)(F)F)c1. The van der Waals surface area contributed by atoms with Gasteiger partial charge in [-0.1, -0.05) is 11.3 Å². The normalized spacial score (nSPS) is 14.2. The number of halogens is 3. The van der Waals surface area contributed by atoms with Gasteiger partial charge in [-0.3, -0.25) is 0 Å². The molecule has 1 aliphatic heterocycles. The average Bonchev–Trinajstić information content (AvgIpc) is 3.31. The van der Waals surface area contributed by atoms with Gasteiger partial charge in [0.05, 0.1) is 16.1 Å². The molecule has 0 unspecified atom stereocenters. The van der Waals surface area contributed by atoms with Crippen LogP contribution in [0.15, 0.2) is 35.7 Å². The number of likely N-dealkylation sites (N-methyl/N-ethyl adjacent to an activating group) is 1. The van der Waals surface area contributed by atoms with Crippen molar-refractivity contribution in [2.75, 3.05) is 32.6 Å².